The summed E-state index contributed by atoms with van der Waals surface area (Å²) in [5.41, 5.74) is 0. The van der Waals surface area contributed by atoms with Crippen LogP contribution in [-0.4, -0.2) is 23.5 Å². The summed E-state index contributed by atoms with van der Waals surface area (Å²) in [6.45, 7) is 2.24. The molecule has 0 aromatic heterocycles. The lowest BCUT2D eigenvalue weighted by Crippen LogP contribution is -1.84. The Bertz CT molecular complexity index is 47.2. The van der Waals surface area contributed by atoms with Gasteiger partial charge in [-0.2, -0.15) is 23.5 Å². The van der Waals surface area contributed by atoms with Crippen molar-refractivity contribution in [2.45, 2.75) is 26.2 Å². The van der Waals surface area contributed by atoms with Crippen LogP contribution in [0.15, 0.2) is 0 Å². The number of hydrogen-bond donors (Lipinski definition) is 0. The third-order valence-corrected chi connectivity index (χ3v) is 3.21. The molecule has 0 heterocycles. The second kappa shape index (κ2) is 9.70. The Kier molecular flexibility index (Phi) is 10.4. The zero-order valence-electron chi connectivity index (χ0n) is 7.06. The van der Waals surface area contributed by atoms with E-state index >= 15 is 0 Å². The molecule has 0 aromatic rings. The van der Waals surface area contributed by atoms with Crippen molar-refractivity contribution >= 4 is 23.5 Å². The quantitative estimate of drug-likeness (QED) is 0.549. The molecule has 0 aliphatic rings. The lowest BCUT2D eigenvalue weighted by Gasteiger charge is -1.97. The minimum absolute atomic E-state index is 1.33. The molecular weight excluding hydrogens is 160 g/mol. The molecule has 0 saturated carbocycles. The highest BCUT2D eigenvalue weighted by Crippen LogP contribution is 2.07. The van der Waals surface area contributed by atoms with Gasteiger partial charge in [-0.25, -0.2) is 0 Å². The van der Waals surface area contributed by atoms with Gasteiger partial charge in [0.15, 0.2) is 0 Å². The van der Waals surface area contributed by atoms with Crippen LogP contribution in [0.3, 0.4) is 0 Å². The first-order valence-electron chi connectivity index (χ1n) is 3.98. The van der Waals surface area contributed by atoms with Crippen molar-refractivity contribution in [1.29, 1.82) is 0 Å². The normalized spacial score (nSPS) is 10.2. The Hall–Kier alpha value is 0.700. The summed E-state index contributed by atoms with van der Waals surface area (Å²) in [4.78, 5) is 0. The Morgan fingerprint density at radius 2 is 1.70 bits per heavy atom. The van der Waals surface area contributed by atoms with E-state index in [1.807, 2.05) is 11.8 Å². The Morgan fingerprint density at radius 1 is 1.00 bits per heavy atom. The third-order valence-electron chi connectivity index (χ3n) is 1.24. The molecule has 0 spiro atoms. The topological polar surface area (TPSA) is 0 Å². The zero-order chi connectivity index (χ0) is 7.66. The summed E-state index contributed by atoms with van der Waals surface area (Å²) in [7, 11) is 0. The van der Waals surface area contributed by atoms with Gasteiger partial charge in [0.05, 0.1) is 0 Å². The molecule has 0 N–H and O–H groups in total. The van der Waals surface area contributed by atoms with Crippen LogP contribution >= 0.6 is 23.5 Å². The van der Waals surface area contributed by atoms with Crippen LogP contribution in [0.4, 0.5) is 0 Å². The van der Waals surface area contributed by atoms with E-state index in [0.29, 0.717) is 0 Å². The van der Waals surface area contributed by atoms with Crippen LogP contribution in [0.5, 0.6) is 0 Å². The van der Waals surface area contributed by atoms with Gasteiger partial charge < -0.3 is 0 Å². The molecule has 0 amide bonds. The van der Waals surface area contributed by atoms with E-state index in [1.54, 1.807) is 0 Å². The summed E-state index contributed by atoms with van der Waals surface area (Å²) in [6.07, 6.45) is 6.32. The fraction of sp³-hybridized carbons (Fsp3) is 1.00. The largest absolute Gasteiger partial charge is 0.165 e. The van der Waals surface area contributed by atoms with Crippen molar-refractivity contribution in [3.8, 4) is 0 Å². The number of unbranched alkanes of at least 4 members (excludes halogenated alkanes) is 1. The van der Waals surface area contributed by atoms with Crippen LogP contribution in [-0.2, 0) is 0 Å². The Balaban J connectivity index is 2.65. The molecule has 0 radical (unpaired) electrons. The molecule has 0 saturated heterocycles. The monoisotopic (exact) mass is 178 g/mol. The first kappa shape index (κ1) is 10.7. The molecule has 0 aliphatic heterocycles. The molecule has 0 unspecified atom stereocenters. The van der Waals surface area contributed by atoms with Gasteiger partial charge in [0, 0.05) is 0 Å². The maximum Gasteiger partial charge on any atom is -0.00672 e. The summed E-state index contributed by atoms with van der Waals surface area (Å²) >= 11 is 4.05. The van der Waals surface area contributed by atoms with Gasteiger partial charge in [-0.15, -0.1) is 0 Å². The smallest absolute Gasteiger partial charge is 0.00672 e. The molecule has 0 aromatic carbocycles. The van der Waals surface area contributed by atoms with Crippen molar-refractivity contribution in [3.05, 3.63) is 0 Å². The van der Waals surface area contributed by atoms with E-state index in [4.69, 9.17) is 0 Å². The fourth-order valence-corrected chi connectivity index (χ4v) is 2.09. The van der Waals surface area contributed by atoms with E-state index in [0.717, 1.165) is 0 Å². The summed E-state index contributed by atoms with van der Waals surface area (Å²) in [5.74, 6) is 4.06. The molecule has 0 atom stereocenters. The summed E-state index contributed by atoms with van der Waals surface area (Å²) in [6, 6.07) is 0. The minimum atomic E-state index is 1.33. The van der Waals surface area contributed by atoms with Gasteiger partial charge in [-0.1, -0.05) is 6.92 Å². The van der Waals surface area contributed by atoms with Crippen molar-refractivity contribution in [1.82, 2.24) is 0 Å². The maximum absolute atomic E-state index is 2.24. The average molecular weight is 178 g/mol. The molecule has 62 valence electrons. The Morgan fingerprint density at radius 3 is 2.30 bits per heavy atom. The molecular formula is C8H18S2. The zero-order valence-corrected chi connectivity index (χ0v) is 8.69. The van der Waals surface area contributed by atoms with E-state index in [1.165, 1.54) is 36.5 Å². The highest BCUT2D eigenvalue weighted by molar-refractivity contribution is 7.99. The van der Waals surface area contributed by atoms with Gasteiger partial charge in [0.1, 0.15) is 0 Å². The lowest BCUT2D eigenvalue weighted by molar-refractivity contribution is 0.906. The lowest BCUT2D eigenvalue weighted by atomic mass is 10.4. The average Bonchev–Trinajstić information content (AvgIpc) is 1.97. The van der Waals surface area contributed by atoms with Gasteiger partial charge in [0.2, 0.25) is 0 Å². The van der Waals surface area contributed by atoms with Crippen molar-refractivity contribution < 1.29 is 0 Å². The van der Waals surface area contributed by atoms with Crippen LogP contribution in [0.25, 0.3) is 0 Å². The molecule has 0 aliphatic carbocycles. The predicted molar refractivity (Wildman–Crippen MR) is 55.2 cm³/mol. The highest BCUT2D eigenvalue weighted by Gasteiger charge is 1.87. The molecule has 0 fully saturated rings. The Labute approximate surface area is 73.5 Å². The molecule has 10 heavy (non-hydrogen) atoms. The van der Waals surface area contributed by atoms with Crippen molar-refractivity contribution in [2.75, 3.05) is 23.5 Å². The third kappa shape index (κ3) is 8.70. The van der Waals surface area contributed by atoms with E-state index in [9.17, 15) is 0 Å². The second-order valence-electron chi connectivity index (χ2n) is 2.31. The molecule has 0 rings (SSSR count). The molecule has 2 heteroatoms. The first-order chi connectivity index (χ1) is 4.91. The summed E-state index contributed by atoms with van der Waals surface area (Å²) in [5, 5.41) is 0. The van der Waals surface area contributed by atoms with Gasteiger partial charge in [-0.3, -0.25) is 0 Å². The van der Waals surface area contributed by atoms with Gasteiger partial charge in [-0.05, 0) is 42.8 Å². The van der Waals surface area contributed by atoms with Crippen LogP contribution in [0.1, 0.15) is 26.2 Å². The predicted octanol–water partition coefficient (Wildman–Crippen LogP) is 3.27. The standard InChI is InChI=1S/C8H18S2/c1-3-6-10-8-5-4-7-9-2/h3-8H2,1-2H3. The maximum atomic E-state index is 2.24. The number of thioether (sulfide) groups is 2. The van der Waals surface area contributed by atoms with Crippen molar-refractivity contribution in [3.63, 3.8) is 0 Å². The van der Waals surface area contributed by atoms with Gasteiger partial charge >= 0.3 is 0 Å². The number of rotatable bonds is 7. The van der Waals surface area contributed by atoms with E-state index < -0.39 is 0 Å². The summed E-state index contributed by atoms with van der Waals surface area (Å²) < 4.78 is 0. The van der Waals surface area contributed by atoms with Crippen LogP contribution in [0.2, 0.25) is 0 Å². The van der Waals surface area contributed by atoms with Crippen LogP contribution in [0, 0.1) is 0 Å². The van der Waals surface area contributed by atoms with Crippen molar-refractivity contribution in [2.24, 2.45) is 0 Å². The molecule has 0 bridgehead atoms. The van der Waals surface area contributed by atoms with Gasteiger partial charge in [0.25, 0.3) is 0 Å². The second-order valence-corrected chi connectivity index (χ2v) is 4.52. The minimum Gasteiger partial charge on any atom is -0.165 e. The van der Waals surface area contributed by atoms with E-state index in [-0.39, 0.29) is 0 Å². The fourth-order valence-electron chi connectivity index (χ4n) is 0.697. The first-order valence-corrected chi connectivity index (χ1v) is 6.53. The molecule has 0 nitrogen and oxygen atoms in total. The SMILES string of the molecule is CCCSCCCCSC. The van der Waals surface area contributed by atoms with Crippen LogP contribution < -0.4 is 0 Å². The highest BCUT2D eigenvalue weighted by atomic mass is 32.2. The van der Waals surface area contributed by atoms with E-state index in [2.05, 4.69) is 24.9 Å². The number of hydrogen-bond acceptors (Lipinski definition) is 2.